The average Bonchev–Trinajstić information content (AvgIpc) is 3.21. The zero-order valence-electron chi connectivity index (χ0n) is 27.3. The van der Waals surface area contributed by atoms with E-state index in [1.807, 2.05) is 97.2 Å². The first-order valence-electron chi connectivity index (χ1n) is 15.9. The maximum Gasteiger partial charge on any atom is 0.256 e. The number of rotatable bonds is 5. The van der Waals surface area contributed by atoms with Crippen molar-refractivity contribution in [2.45, 2.75) is 0 Å². The van der Waals surface area contributed by atoms with Gasteiger partial charge in [0.25, 0.3) is 16.7 Å². The lowest BCUT2D eigenvalue weighted by atomic mass is 10.2. The van der Waals surface area contributed by atoms with Crippen LogP contribution in [0.1, 0.15) is 0 Å². The molecule has 0 bridgehead atoms. The van der Waals surface area contributed by atoms with Gasteiger partial charge in [0.2, 0.25) is 0 Å². The van der Waals surface area contributed by atoms with Crippen LogP contribution >= 0.6 is 0 Å². The normalized spacial score (nSPS) is 10.2. The third-order valence-electron chi connectivity index (χ3n) is 7.39. The maximum absolute atomic E-state index is 11.9. The lowest BCUT2D eigenvalue weighted by molar-refractivity contribution is 0.941. The van der Waals surface area contributed by atoms with Gasteiger partial charge in [-0.15, -0.1) is 0 Å². The molecule has 0 saturated heterocycles. The molecule has 0 aliphatic heterocycles. The second-order valence-corrected chi connectivity index (χ2v) is 10.8. The summed E-state index contributed by atoms with van der Waals surface area (Å²) in [5, 5.41) is 0. The minimum absolute atomic E-state index is 0.0501. The van der Waals surface area contributed by atoms with E-state index in [0.29, 0.717) is 11.6 Å². The van der Waals surface area contributed by atoms with Crippen LogP contribution in [-0.4, -0.2) is 33.6 Å². The van der Waals surface area contributed by atoms with Crippen LogP contribution in [0.2, 0.25) is 0 Å². The van der Waals surface area contributed by atoms with Gasteiger partial charge in [-0.25, -0.2) is 9.97 Å². The number of nitrogens with zero attached hydrogens (tertiary/aromatic N) is 7. The molecule has 51 heavy (non-hydrogen) atoms. The van der Waals surface area contributed by atoms with Crippen molar-refractivity contribution in [2.75, 3.05) is 0 Å². The zero-order chi connectivity index (χ0) is 35.3. The molecule has 0 aliphatic carbocycles. The van der Waals surface area contributed by atoms with Crippen LogP contribution in [0, 0.1) is 0 Å². The molecule has 1 aromatic carbocycles. The first-order chi connectivity index (χ1) is 25.1. The van der Waals surface area contributed by atoms with Gasteiger partial charge in [0.1, 0.15) is 11.6 Å². The molecule has 8 aromatic rings. The fourth-order valence-corrected chi connectivity index (χ4v) is 4.92. The summed E-state index contributed by atoms with van der Waals surface area (Å²) in [5.41, 5.74) is 4.10. The summed E-state index contributed by atoms with van der Waals surface area (Å²) >= 11 is 0. The molecule has 0 amide bonds. The number of para-hydroxylation sites is 1. The second kappa shape index (κ2) is 16.7. The van der Waals surface area contributed by atoms with Gasteiger partial charge in [-0.3, -0.25) is 38.1 Å². The molecule has 0 aliphatic rings. The van der Waals surface area contributed by atoms with Gasteiger partial charge in [-0.2, -0.15) is 0 Å². The molecule has 0 spiro atoms. The third-order valence-corrected chi connectivity index (χ3v) is 7.39. The highest BCUT2D eigenvalue weighted by Crippen LogP contribution is 2.17. The van der Waals surface area contributed by atoms with Gasteiger partial charge < -0.3 is 0 Å². The van der Waals surface area contributed by atoms with E-state index in [9.17, 15) is 14.4 Å². The van der Waals surface area contributed by atoms with Crippen LogP contribution in [-0.2, 0) is 0 Å². The first kappa shape index (κ1) is 33.6. The Morgan fingerprint density at radius 3 is 1.31 bits per heavy atom. The number of aromatic nitrogens is 7. The molecule has 248 valence electrons. The van der Waals surface area contributed by atoms with Gasteiger partial charge in [-0.05, 0) is 78.9 Å². The fraction of sp³-hybridized carbons (Fsp3) is 0. The summed E-state index contributed by atoms with van der Waals surface area (Å²) in [6, 6.07) is 43.6. The standard InChI is InChI=1S/C16H12N2O.C15H11N3O.C10H8N2O/c19-16-10-9-13(15-8-4-5-11-17-15)12-18(16)14-6-2-1-3-7-14;19-15-8-7-12(13-5-1-3-9-16-13)11-18(15)14-6-2-4-10-17-14;13-10-6-2-4-8-12(10)9-5-1-3-7-11-9/h1-12H;1-11H;1-8H. The summed E-state index contributed by atoms with van der Waals surface area (Å²) in [4.78, 5) is 52.0. The Morgan fingerprint density at radius 1 is 0.353 bits per heavy atom. The molecule has 10 nitrogen and oxygen atoms in total. The van der Waals surface area contributed by atoms with E-state index >= 15 is 0 Å². The predicted octanol–water partition coefficient (Wildman–Crippen LogP) is 6.43. The largest absolute Gasteiger partial charge is 0.284 e. The van der Waals surface area contributed by atoms with Crippen molar-refractivity contribution in [3.8, 4) is 39.8 Å². The van der Waals surface area contributed by atoms with Gasteiger partial charge in [0, 0.05) is 78.4 Å². The highest BCUT2D eigenvalue weighted by atomic mass is 16.1. The van der Waals surface area contributed by atoms with Gasteiger partial charge in [0.05, 0.1) is 11.4 Å². The molecule has 0 N–H and O–H groups in total. The number of hydrogen-bond acceptors (Lipinski definition) is 7. The summed E-state index contributed by atoms with van der Waals surface area (Å²) in [5.74, 6) is 1.25. The minimum Gasteiger partial charge on any atom is -0.284 e. The van der Waals surface area contributed by atoms with Gasteiger partial charge >= 0.3 is 0 Å². The first-order valence-corrected chi connectivity index (χ1v) is 15.9. The Bertz CT molecular complexity index is 2340. The molecule has 8 rings (SSSR count). The van der Waals surface area contributed by atoms with E-state index in [-0.39, 0.29) is 16.7 Å². The SMILES string of the molecule is O=c1ccc(-c2ccccn2)cn1-c1ccccc1.O=c1ccc(-c2ccccn2)cn1-c1ccccn1.O=c1ccccn1-c1ccccn1. The summed E-state index contributed by atoms with van der Waals surface area (Å²) in [6.07, 6.45) is 12.1. The lowest BCUT2D eigenvalue weighted by Crippen LogP contribution is -2.17. The maximum atomic E-state index is 11.9. The Morgan fingerprint density at radius 2 is 0.804 bits per heavy atom. The molecule has 7 aromatic heterocycles. The quantitative estimate of drug-likeness (QED) is 0.207. The third kappa shape index (κ3) is 8.78. The molecule has 0 radical (unpaired) electrons. The second-order valence-electron chi connectivity index (χ2n) is 10.8. The van der Waals surface area contributed by atoms with E-state index in [4.69, 9.17) is 0 Å². The predicted molar refractivity (Wildman–Crippen MR) is 198 cm³/mol. The highest BCUT2D eigenvalue weighted by Gasteiger charge is 2.05. The van der Waals surface area contributed by atoms with Crippen LogP contribution in [0.5, 0.6) is 0 Å². The van der Waals surface area contributed by atoms with Crippen molar-refractivity contribution < 1.29 is 0 Å². The number of pyridine rings is 7. The molecule has 0 saturated carbocycles. The van der Waals surface area contributed by atoms with Crippen LogP contribution in [0.25, 0.3) is 39.8 Å². The van der Waals surface area contributed by atoms with Crippen LogP contribution in [0.15, 0.2) is 203 Å². The minimum atomic E-state index is -0.113. The topological polar surface area (TPSA) is 118 Å². The molecular formula is C41H31N7O3. The van der Waals surface area contributed by atoms with E-state index in [2.05, 4.69) is 19.9 Å². The van der Waals surface area contributed by atoms with E-state index in [0.717, 1.165) is 28.2 Å². The summed E-state index contributed by atoms with van der Waals surface area (Å²) in [7, 11) is 0. The van der Waals surface area contributed by atoms with Crippen molar-refractivity contribution in [1.29, 1.82) is 0 Å². The Labute approximate surface area is 292 Å². The van der Waals surface area contributed by atoms with Crippen molar-refractivity contribution in [1.82, 2.24) is 33.6 Å². The lowest BCUT2D eigenvalue weighted by Gasteiger charge is -2.07. The van der Waals surface area contributed by atoms with Gasteiger partial charge in [0.15, 0.2) is 0 Å². The highest BCUT2D eigenvalue weighted by molar-refractivity contribution is 5.59. The van der Waals surface area contributed by atoms with Crippen molar-refractivity contribution in [2.24, 2.45) is 0 Å². The van der Waals surface area contributed by atoms with E-state index < -0.39 is 0 Å². The summed E-state index contributed by atoms with van der Waals surface area (Å²) < 4.78 is 4.65. The van der Waals surface area contributed by atoms with Crippen molar-refractivity contribution in [3.05, 3.63) is 220 Å². The van der Waals surface area contributed by atoms with Crippen LogP contribution < -0.4 is 16.7 Å². The Balaban J connectivity index is 0.000000134. The van der Waals surface area contributed by atoms with Crippen LogP contribution in [0.3, 0.4) is 0 Å². The Kier molecular flexibility index (Phi) is 11.0. The monoisotopic (exact) mass is 669 g/mol. The smallest absolute Gasteiger partial charge is 0.256 e. The molecule has 0 unspecified atom stereocenters. The van der Waals surface area contributed by atoms with Crippen molar-refractivity contribution in [3.63, 3.8) is 0 Å². The van der Waals surface area contributed by atoms with Gasteiger partial charge in [-0.1, -0.05) is 48.5 Å². The molecule has 0 atom stereocenters. The molecule has 10 heteroatoms. The van der Waals surface area contributed by atoms with E-state index in [1.165, 1.54) is 21.3 Å². The van der Waals surface area contributed by atoms with E-state index in [1.54, 1.807) is 84.2 Å². The zero-order valence-corrected chi connectivity index (χ0v) is 27.3. The summed E-state index contributed by atoms with van der Waals surface area (Å²) in [6.45, 7) is 0. The van der Waals surface area contributed by atoms with Crippen molar-refractivity contribution >= 4 is 0 Å². The molecule has 7 heterocycles. The molecule has 0 fully saturated rings. The number of hydrogen-bond donors (Lipinski definition) is 0. The fourth-order valence-electron chi connectivity index (χ4n) is 4.92. The Hall–Kier alpha value is -7.33. The number of benzene rings is 1. The van der Waals surface area contributed by atoms with Crippen LogP contribution in [0.4, 0.5) is 0 Å². The molecular weight excluding hydrogens is 638 g/mol. The average molecular weight is 670 g/mol.